The Kier molecular flexibility index (Phi) is 7.57. The van der Waals surface area contributed by atoms with Crippen LogP contribution in [0.3, 0.4) is 0 Å². The lowest BCUT2D eigenvalue weighted by Crippen LogP contribution is -2.22. The molecule has 6 N–H and O–H groups in total. The predicted octanol–water partition coefficient (Wildman–Crippen LogP) is 2.25. The van der Waals surface area contributed by atoms with Crippen LogP contribution < -0.4 is 11.1 Å². The van der Waals surface area contributed by atoms with Crippen LogP contribution in [-0.2, 0) is 17.6 Å². The number of hydrogen-bond donors (Lipinski definition) is 5. The number of nitrogens with zero attached hydrogens (tertiary/aromatic N) is 2. The zero-order valence-corrected chi connectivity index (χ0v) is 16.3. The molecule has 8 heteroatoms. The number of nitrogens with two attached hydrogens (primary N) is 1. The maximum Gasteiger partial charge on any atom is 0.307 e. The average Bonchev–Trinajstić information content (AvgIpc) is 2.62. The lowest BCUT2D eigenvalue weighted by atomic mass is 10.00. The molecule has 0 radical (unpaired) electrons. The quantitative estimate of drug-likeness (QED) is 0.417. The lowest BCUT2D eigenvalue weighted by Gasteiger charge is -2.21. The third-order valence-corrected chi connectivity index (χ3v) is 4.65. The normalized spacial score (nSPS) is 12.0. The van der Waals surface area contributed by atoms with Gasteiger partial charge in [-0.3, -0.25) is 4.79 Å². The van der Waals surface area contributed by atoms with Crippen molar-refractivity contribution in [2.75, 3.05) is 17.7 Å². The van der Waals surface area contributed by atoms with Crippen molar-refractivity contribution in [3.63, 3.8) is 0 Å². The second-order valence-corrected chi connectivity index (χ2v) is 6.82. The first-order valence-electron chi connectivity index (χ1n) is 9.37. The van der Waals surface area contributed by atoms with Gasteiger partial charge in [-0.05, 0) is 43.4 Å². The molecular formula is C20H28N4O4. The van der Waals surface area contributed by atoms with Crippen LogP contribution in [0.25, 0.3) is 0 Å². The molecule has 152 valence electrons. The number of carboxylic acids is 1. The number of hydrogen-bond acceptors (Lipinski definition) is 7. The van der Waals surface area contributed by atoms with Crippen LogP contribution in [0, 0.1) is 6.92 Å². The van der Waals surface area contributed by atoms with Gasteiger partial charge in [0, 0.05) is 30.3 Å². The maximum absolute atomic E-state index is 10.8. The number of aryl methyl sites for hydroxylation is 1. The first-order chi connectivity index (χ1) is 13.3. The van der Waals surface area contributed by atoms with Gasteiger partial charge in [-0.15, -0.1) is 0 Å². The SMILES string of the molecule is CCC(CCCO)Nc1nc(N)nc(C)c1Cc1ccc(CC(=O)O)cc1O. The number of aromatic hydroxyl groups is 1. The van der Waals surface area contributed by atoms with Crippen LogP contribution in [0.1, 0.15) is 48.6 Å². The highest BCUT2D eigenvalue weighted by Crippen LogP contribution is 2.28. The fraction of sp³-hybridized carbons (Fsp3) is 0.450. The van der Waals surface area contributed by atoms with Crippen LogP contribution in [-0.4, -0.2) is 43.9 Å². The van der Waals surface area contributed by atoms with Crippen LogP contribution in [0.2, 0.25) is 0 Å². The molecule has 0 aliphatic rings. The fourth-order valence-corrected chi connectivity index (χ4v) is 3.09. The molecular weight excluding hydrogens is 360 g/mol. The molecule has 2 aromatic rings. The number of aliphatic carboxylic acids is 1. The highest BCUT2D eigenvalue weighted by atomic mass is 16.4. The van der Waals surface area contributed by atoms with Crippen LogP contribution in [0.4, 0.5) is 11.8 Å². The second-order valence-electron chi connectivity index (χ2n) is 6.82. The largest absolute Gasteiger partial charge is 0.508 e. The van der Waals surface area contributed by atoms with Crippen LogP contribution >= 0.6 is 0 Å². The number of phenolic OH excluding ortho intramolecular Hbond substituents is 1. The van der Waals surface area contributed by atoms with Crippen molar-refractivity contribution in [1.82, 2.24) is 9.97 Å². The molecule has 0 fully saturated rings. The van der Waals surface area contributed by atoms with Gasteiger partial charge in [0.1, 0.15) is 11.6 Å². The van der Waals surface area contributed by atoms with E-state index in [0.717, 1.165) is 18.4 Å². The summed E-state index contributed by atoms with van der Waals surface area (Å²) < 4.78 is 0. The van der Waals surface area contributed by atoms with Crippen molar-refractivity contribution in [3.05, 3.63) is 40.6 Å². The van der Waals surface area contributed by atoms with Crippen molar-refractivity contribution < 1.29 is 20.1 Å². The number of anilines is 2. The van der Waals surface area contributed by atoms with E-state index in [1.54, 1.807) is 12.1 Å². The van der Waals surface area contributed by atoms with Gasteiger partial charge in [-0.25, -0.2) is 4.98 Å². The van der Waals surface area contributed by atoms with Crippen molar-refractivity contribution >= 4 is 17.7 Å². The smallest absolute Gasteiger partial charge is 0.307 e. The molecule has 0 amide bonds. The molecule has 0 aliphatic carbocycles. The number of aliphatic hydroxyl groups excluding tert-OH is 1. The van der Waals surface area contributed by atoms with Crippen LogP contribution in [0.15, 0.2) is 18.2 Å². The maximum atomic E-state index is 10.8. The van der Waals surface area contributed by atoms with E-state index in [1.165, 1.54) is 6.07 Å². The van der Waals surface area contributed by atoms with E-state index in [2.05, 4.69) is 22.2 Å². The lowest BCUT2D eigenvalue weighted by molar-refractivity contribution is -0.136. The number of aromatic nitrogens is 2. The minimum absolute atomic E-state index is 0.0354. The number of carbonyl (C=O) groups is 1. The van der Waals surface area contributed by atoms with Gasteiger partial charge in [0.05, 0.1) is 6.42 Å². The Labute approximate surface area is 164 Å². The molecule has 8 nitrogen and oxygen atoms in total. The Morgan fingerprint density at radius 2 is 2.07 bits per heavy atom. The van der Waals surface area contributed by atoms with E-state index in [9.17, 15) is 9.90 Å². The van der Waals surface area contributed by atoms with E-state index >= 15 is 0 Å². The molecule has 1 heterocycles. The highest BCUT2D eigenvalue weighted by Gasteiger charge is 2.16. The van der Waals surface area contributed by atoms with Crippen molar-refractivity contribution in [2.24, 2.45) is 0 Å². The fourth-order valence-electron chi connectivity index (χ4n) is 3.09. The summed E-state index contributed by atoms with van der Waals surface area (Å²) in [4.78, 5) is 19.4. The summed E-state index contributed by atoms with van der Waals surface area (Å²) in [7, 11) is 0. The van der Waals surface area contributed by atoms with Crippen molar-refractivity contribution in [1.29, 1.82) is 0 Å². The summed E-state index contributed by atoms with van der Waals surface area (Å²) in [5.74, 6) is -0.131. The van der Waals surface area contributed by atoms with Gasteiger partial charge in [-0.1, -0.05) is 19.1 Å². The van der Waals surface area contributed by atoms with E-state index in [1.807, 2.05) is 6.92 Å². The molecule has 1 atom stereocenters. The first-order valence-corrected chi connectivity index (χ1v) is 9.37. The molecule has 0 saturated carbocycles. The number of benzene rings is 1. The van der Waals surface area contributed by atoms with Gasteiger partial charge in [-0.2, -0.15) is 4.98 Å². The van der Waals surface area contributed by atoms with Gasteiger partial charge in [0.15, 0.2) is 0 Å². The molecule has 0 saturated heterocycles. The predicted molar refractivity (Wildman–Crippen MR) is 107 cm³/mol. The molecule has 1 aromatic heterocycles. The zero-order chi connectivity index (χ0) is 20.7. The minimum Gasteiger partial charge on any atom is -0.508 e. The second kappa shape index (κ2) is 9.89. The molecule has 0 spiro atoms. The Morgan fingerprint density at radius 1 is 1.32 bits per heavy atom. The summed E-state index contributed by atoms with van der Waals surface area (Å²) >= 11 is 0. The van der Waals surface area contributed by atoms with Gasteiger partial charge in [0.2, 0.25) is 5.95 Å². The monoisotopic (exact) mass is 388 g/mol. The van der Waals surface area contributed by atoms with Gasteiger partial charge < -0.3 is 26.4 Å². The summed E-state index contributed by atoms with van der Waals surface area (Å²) in [6.07, 6.45) is 2.58. The number of nitrogen functional groups attached to an aromatic ring is 1. The zero-order valence-electron chi connectivity index (χ0n) is 16.3. The Bertz CT molecular complexity index is 826. The average molecular weight is 388 g/mol. The standard InChI is InChI=1S/C20H28N4O4/c1-3-15(5-4-8-25)23-19-16(12(2)22-20(21)24-19)11-14-7-6-13(9-17(14)26)10-18(27)28/h6-7,9,15,25-26H,3-5,8,10-11H2,1-2H3,(H,27,28)(H3,21,22,23,24). The third kappa shape index (κ3) is 5.82. The Morgan fingerprint density at radius 3 is 2.68 bits per heavy atom. The summed E-state index contributed by atoms with van der Waals surface area (Å²) in [5, 5.41) is 31.7. The van der Waals surface area contributed by atoms with E-state index < -0.39 is 5.97 Å². The molecule has 0 aliphatic heterocycles. The topological polar surface area (TPSA) is 142 Å². The number of carboxylic acid groups (broad SMARTS) is 1. The number of aliphatic hydroxyl groups is 1. The van der Waals surface area contributed by atoms with Crippen molar-refractivity contribution in [2.45, 2.75) is 52.0 Å². The highest BCUT2D eigenvalue weighted by molar-refractivity contribution is 5.70. The summed E-state index contributed by atoms with van der Waals surface area (Å²) in [6.45, 7) is 4.02. The van der Waals surface area contributed by atoms with E-state index in [0.29, 0.717) is 35.5 Å². The minimum atomic E-state index is -0.949. The number of nitrogens with one attached hydrogen (secondary N) is 1. The molecule has 1 aromatic carbocycles. The summed E-state index contributed by atoms with van der Waals surface area (Å²) in [6, 6.07) is 5.02. The number of rotatable bonds is 10. The number of phenols is 1. The molecule has 2 rings (SSSR count). The Balaban J connectivity index is 2.31. The van der Waals surface area contributed by atoms with Gasteiger partial charge >= 0.3 is 5.97 Å². The molecule has 1 unspecified atom stereocenters. The third-order valence-electron chi connectivity index (χ3n) is 4.65. The van der Waals surface area contributed by atoms with Gasteiger partial charge in [0.25, 0.3) is 0 Å². The van der Waals surface area contributed by atoms with E-state index in [4.69, 9.17) is 15.9 Å². The molecule has 0 bridgehead atoms. The van der Waals surface area contributed by atoms with Crippen LogP contribution in [0.5, 0.6) is 5.75 Å². The van der Waals surface area contributed by atoms with Crippen molar-refractivity contribution in [3.8, 4) is 5.75 Å². The molecule has 28 heavy (non-hydrogen) atoms. The summed E-state index contributed by atoms with van der Waals surface area (Å²) in [5.41, 5.74) is 8.54. The van der Waals surface area contributed by atoms with E-state index in [-0.39, 0.29) is 30.8 Å². The first kappa shape index (κ1) is 21.4. The Hall–Kier alpha value is -2.87.